The van der Waals surface area contributed by atoms with Crippen LogP contribution in [-0.4, -0.2) is 50.9 Å². The van der Waals surface area contributed by atoms with E-state index in [4.69, 9.17) is 27.8 Å². The number of likely N-dealkylation sites (N-methyl/N-ethyl adjacent to an activating group) is 1. The lowest BCUT2D eigenvalue weighted by molar-refractivity contribution is 0.100. The number of nitrogens with zero attached hydrogens (tertiary/aromatic N) is 5. The topological polar surface area (TPSA) is 133 Å². The fourth-order valence-electron chi connectivity index (χ4n) is 3.74. The smallest absolute Gasteiger partial charge is 0.260 e. The van der Waals surface area contributed by atoms with Gasteiger partial charge in [-0.2, -0.15) is 4.98 Å². The number of carbonyl (C=O) groups is 1. The fourth-order valence-corrected chi connectivity index (χ4v) is 4.89. The predicted molar refractivity (Wildman–Crippen MR) is 120 cm³/mol. The van der Waals surface area contributed by atoms with E-state index in [-0.39, 0.29) is 11.2 Å². The first-order chi connectivity index (χ1) is 14.9. The lowest BCUT2D eigenvalue weighted by atomic mass is 10.1. The zero-order chi connectivity index (χ0) is 21.7. The van der Waals surface area contributed by atoms with Crippen LogP contribution < -0.4 is 16.2 Å². The van der Waals surface area contributed by atoms with Gasteiger partial charge in [-0.3, -0.25) is 4.79 Å². The average Bonchev–Trinajstić information content (AvgIpc) is 2.96. The van der Waals surface area contributed by atoms with E-state index >= 15 is 0 Å². The largest absolute Gasteiger partial charge is 0.419 e. The van der Waals surface area contributed by atoms with Crippen molar-refractivity contribution in [3.8, 4) is 11.8 Å². The summed E-state index contributed by atoms with van der Waals surface area (Å²) in [5, 5.41) is 0.802. The van der Waals surface area contributed by atoms with Crippen LogP contribution in [0.25, 0.3) is 21.1 Å². The number of halogens is 1. The van der Waals surface area contributed by atoms with Gasteiger partial charge in [0.05, 0.1) is 28.6 Å². The Morgan fingerprint density at radius 2 is 2.03 bits per heavy atom. The third kappa shape index (κ3) is 3.52. The minimum Gasteiger partial charge on any atom is -0.419 e. The van der Waals surface area contributed by atoms with Crippen LogP contribution in [0, 0.1) is 0 Å². The van der Waals surface area contributed by atoms with Gasteiger partial charge in [-0.25, -0.2) is 15.0 Å². The fraction of sp³-hybridized carbons (Fsp3) is 0.250. The molecule has 4 heterocycles. The maximum absolute atomic E-state index is 11.6. The molecule has 0 saturated carbocycles. The average molecular weight is 456 g/mol. The number of nitrogens with two attached hydrogens (primary N) is 2. The Hall–Kier alpha value is -3.08. The van der Waals surface area contributed by atoms with E-state index in [1.807, 2.05) is 6.07 Å². The molecule has 1 aliphatic heterocycles. The van der Waals surface area contributed by atoms with Gasteiger partial charge in [0.1, 0.15) is 4.88 Å². The van der Waals surface area contributed by atoms with E-state index in [2.05, 4.69) is 31.9 Å². The number of amides is 1. The molecule has 158 valence electrons. The lowest BCUT2D eigenvalue weighted by Crippen LogP contribution is -2.20. The molecule has 0 radical (unpaired) electrons. The molecular weight excluding hydrogens is 438 g/mol. The van der Waals surface area contributed by atoms with Crippen LogP contribution in [0.15, 0.2) is 18.3 Å². The van der Waals surface area contributed by atoms with Gasteiger partial charge in [0.2, 0.25) is 17.0 Å². The standard InChI is InChI=1S/C20H18ClN7O2S/c1-28-6-4-9-10(5-7-28)26-20(21)27-19(9)30-13-8-24-16-11(25-13)2-3-12-14(16)15(22)17(31-12)18(23)29/h2-3,8H,4-7,22H2,1H3,(H2,23,29). The SMILES string of the molecule is CN1CCc2nc(Cl)nc(Oc3cnc4c(ccc5sc(C(N)=O)c(N)c54)n3)c2CC1. The number of carbonyl (C=O) groups excluding carboxylic acids is 1. The second-order valence-electron chi connectivity index (χ2n) is 7.35. The molecule has 1 amide bonds. The second-order valence-corrected chi connectivity index (χ2v) is 8.74. The van der Waals surface area contributed by atoms with E-state index in [0.717, 1.165) is 41.9 Å². The Bertz CT molecular complexity index is 1360. The minimum atomic E-state index is -0.563. The van der Waals surface area contributed by atoms with Gasteiger partial charge >= 0.3 is 0 Å². The summed E-state index contributed by atoms with van der Waals surface area (Å²) in [6.45, 7) is 1.76. The van der Waals surface area contributed by atoms with Gasteiger partial charge in [-0.05, 0) is 37.2 Å². The van der Waals surface area contributed by atoms with Crippen molar-refractivity contribution >= 4 is 55.7 Å². The van der Waals surface area contributed by atoms with Crippen molar-refractivity contribution < 1.29 is 9.53 Å². The molecule has 0 bridgehead atoms. The molecule has 0 fully saturated rings. The number of hydrogen-bond acceptors (Lipinski definition) is 9. The number of fused-ring (bicyclic) bond motifs is 4. The minimum absolute atomic E-state index is 0.138. The van der Waals surface area contributed by atoms with E-state index in [1.54, 1.807) is 6.07 Å². The highest BCUT2D eigenvalue weighted by molar-refractivity contribution is 7.21. The molecule has 1 aromatic carbocycles. The van der Waals surface area contributed by atoms with Crippen molar-refractivity contribution in [1.29, 1.82) is 0 Å². The monoisotopic (exact) mass is 455 g/mol. The Morgan fingerprint density at radius 3 is 2.84 bits per heavy atom. The summed E-state index contributed by atoms with van der Waals surface area (Å²) in [6.07, 6.45) is 3.03. The first-order valence-corrected chi connectivity index (χ1v) is 10.8. The second kappa shape index (κ2) is 7.56. The van der Waals surface area contributed by atoms with Gasteiger partial charge in [0.25, 0.3) is 5.91 Å². The number of nitrogen functional groups attached to an aromatic ring is 1. The van der Waals surface area contributed by atoms with Crippen LogP contribution in [0.2, 0.25) is 5.28 Å². The summed E-state index contributed by atoms with van der Waals surface area (Å²) < 4.78 is 6.83. The van der Waals surface area contributed by atoms with E-state index in [0.29, 0.717) is 32.9 Å². The Balaban J connectivity index is 1.57. The van der Waals surface area contributed by atoms with Crippen LogP contribution in [0.3, 0.4) is 0 Å². The molecule has 3 aromatic heterocycles. The summed E-state index contributed by atoms with van der Waals surface area (Å²) in [7, 11) is 2.07. The highest BCUT2D eigenvalue weighted by Gasteiger charge is 2.21. The van der Waals surface area contributed by atoms with E-state index in [9.17, 15) is 4.79 Å². The third-order valence-corrected chi connectivity index (χ3v) is 6.66. The maximum atomic E-state index is 11.6. The number of rotatable bonds is 3. The molecule has 4 N–H and O–H groups in total. The highest BCUT2D eigenvalue weighted by atomic mass is 35.5. The van der Waals surface area contributed by atoms with E-state index in [1.165, 1.54) is 17.5 Å². The van der Waals surface area contributed by atoms with Crippen molar-refractivity contribution in [3.05, 3.63) is 39.7 Å². The number of benzene rings is 1. The number of primary amides is 1. The van der Waals surface area contributed by atoms with Crippen molar-refractivity contribution in [3.63, 3.8) is 0 Å². The molecule has 5 rings (SSSR count). The summed E-state index contributed by atoms with van der Waals surface area (Å²) in [4.78, 5) is 31.9. The van der Waals surface area contributed by atoms with E-state index < -0.39 is 5.91 Å². The molecular formula is C20H18ClN7O2S. The number of ether oxygens (including phenoxy) is 1. The van der Waals surface area contributed by atoms with Crippen molar-refractivity contribution in [2.24, 2.45) is 5.73 Å². The first-order valence-electron chi connectivity index (χ1n) is 9.60. The molecule has 0 spiro atoms. The van der Waals surface area contributed by atoms with Gasteiger partial charge in [0.15, 0.2) is 0 Å². The zero-order valence-corrected chi connectivity index (χ0v) is 18.1. The molecule has 11 heteroatoms. The Labute approximate surface area is 186 Å². The van der Waals surface area contributed by atoms with Crippen LogP contribution >= 0.6 is 22.9 Å². The first kappa shape index (κ1) is 19.9. The van der Waals surface area contributed by atoms with Gasteiger partial charge < -0.3 is 21.1 Å². The number of thiophene rings is 1. The van der Waals surface area contributed by atoms with Gasteiger partial charge in [0, 0.05) is 35.2 Å². The lowest BCUT2D eigenvalue weighted by Gasteiger charge is -2.12. The third-order valence-electron chi connectivity index (χ3n) is 5.31. The number of aromatic nitrogens is 4. The molecule has 9 nitrogen and oxygen atoms in total. The molecule has 0 aliphatic carbocycles. The molecule has 1 aliphatic rings. The van der Waals surface area contributed by atoms with Crippen molar-refractivity contribution in [1.82, 2.24) is 24.8 Å². The number of anilines is 1. The quantitative estimate of drug-likeness (QED) is 0.450. The zero-order valence-electron chi connectivity index (χ0n) is 16.6. The molecule has 0 saturated heterocycles. The van der Waals surface area contributed by atoms with Crippen molar-refractivity contribution in [2.45, 2.75) is 12.8 Å². The molecule has 31 heavy (non-hydrogen) atoms. The van der Waals surface area contributed by atoms with Crippen LogP contribution in [-0.2, 0) is 12.8 Å². The van der Waals surface area contributed by atoms with Gasteiger partial charge in [-0.1, -0.05) is 0 Å². The van der Waals surface area contributed by atoms with Crippen LogP contribution in [0.5, 0.6) is 11.8 Å². The normalized spacial score (nSPS) is 14.5. The molecule has 4 aromatic rings. The maximum Gasteiger partial charge on any atom is 0.260 e. The summed E-state index contributed by atoms with van der Waals surface area (Å²) >= 11 is 7.38. The molecule has 0 unspecified atom stereocenters. The predicted octanol–water partition coefficient (Wildman–Crippen LogP) is 2.79. The van der Waals surface area contributed by atoms with Crippen LogP contribution in [0.1, 0.15) is 20.9 Å². The number of hydrogen-bond donors (Lipinski definition) is 2. The van der Waals surface area contributed by atoms with Gasteiger partial charge in [-0.15, -0.1) is 11.3 Å². The summed E-state index contributed by atoms with van der Waals surface area (Å²) in [5.41, 5.74) is 14.9. The van der Waals surface area contributed by atoms with Crippen LogP contribution in [0.4, 0.5) is 5.69 Å². The highest BCUT2D eigenvalue weighted by Crippen LogP contribution is 2.38. The Morgan fingerprint density at radius 1 is 1.23 bits per heavy atom. The van der Waals surface area contributed by atoms with Crippen molar-refractivity contribution in [2.75, 3.05) is 25.9 Å². The summed E-state index contributed by atoms with van der Waals surface area (Å²) in [6, 6.07) is 3.65. The Kier molecular flexibility index (Phi) is 4.84. The molecule has 0 atom stereocenters. The summed E-state index contributed by atoms with van der Waals surface area (Å²) in [5.74, 6) is 0.114.